The molecule has 112 valence electrons. The van der Waals surface area contributed by atoms with Crippen molar-refractivity contribution in [3.8, 4) is 0 Å². The number of carbonyl (C=O) groups excluding carboxylic acids is 1. The molecule has 2 atom stereocenters. The summed E-state index contributed by atoms with van der Waals surface area (Å²) in [4.78, 5) is 16.4. The van der Waals surface area contributed by atoms with Crippen molar-refractivity contribution in [3.63, 3.8) is 0 Å². The third kappa shape index (κ3) is 4.36. The lowest BCUT2D eigenvalue weighted by molar-refractivity contribution is -0.120. The molecular formula is C16H21N3OS. The highest BCUT2D eigenvalue weighted by Crippen LogP contribution is 2.21. The van der Waals surface area contributed by atoms with E-state index in [1.54, 1.807) is 6.20 Å². The van der Waals surface area contributed by atoms with Gasteiger partial charge in [-0.1, -0.05) is 49.0 Å². The zero-order chi connectivity index (χ0) is 15.2. The molecule has 21 heavy (non-hydrogen) atoms. The quantitative estimate of drug-likeness (QED) is 0.835. The fourth-order valence-electron chi connectivity index (χ4n) is 1.97. The summed E-state index contributed by atoms with van der Waals surface area (Å²) in [5.41, 5.74) is 1.24. The number of imidazole rings is 1. The first kappa shape index (κ1) is 15.6. The van der Waals surface area contributed by atoms with Gasteiger partial charge in [0.25, 0.3) is 0 Å². The van der Waals surface area contributed by atoms with Crippen LogP contribution in [0.2, 0.25) is 0 Å². The van der Waals surface area contributed by atoms with Crippen LogP contribution in [0.3, 0.4) is 0 Å². The molecule has 0 spiro atoms. The summed E-state index contributed by atoms with van der Waals surface area (Å²) < 4.78 is 1.92. The van der Waals surface area contributed by atoms with Gasteiger partial charge >= 0.3 is 0 Å². The largest absolute Gasteiger partial charge is 0.355 e. The maximum absolute atomic E-state index is 12.1. The van der Waals surface area contributed by atoms with Gasteiger partial charge in [-0.3, -0.25) is 4.79 Å². The molecule has 0 aliphatic carbocycles. The standard InChI is InChI=1S/C16H21N3OS/c1-12(14-7-5-4-6-8-14)11-18-15(20)13(2)21-16-17-9-10-19(16)3/h4-10,12-13H,11H2,1-3H3,(H,18,20)/t12-,13+/m1/s1. The van der Waals surface area contributed by atoms with Crippen LogP contribution >= 0.6 is 11.8 Å². The zero-order valence-electron chi connectivity index (χ0n) is 12.6. The summed E-state index contributed by atoms with van der Waals surface area (Å²) in [6.45, 7) is 4.67. The van der Waals surface area contributed by atoms with Crippen LogP contribution in [-0.2, 0) is 11.8 Å². The Morgan fingerprint density at radius 3 is 2.67 bits per heavy atom. The van der Waals surface area contributed by atoms with Gasteiger partial charge in [-0.05, 0) is 18.4 Å². The van der Waals surface area contributed by atoms with E-state index in [1.807, 2.05) is 42.9 Å². The molecular weight excluding hydrogens is 282 g/mol. The van der Waals surface area contributed by atoms with Gasteiger partial charge in [0.15, 0.2) is 5.16 Å². The lowest BCUT2D eigenvalue weighted by Crippen LogP contribution is -2.33. The van der Waals surface area contributed by atoms with Crippen LogP contribution in [0.4, 0.5) is 0 Å². The molecule has 0 aliphatic heterocycles. The van der Waals surface area contributed by atoms with Gasteiger partial charge in [0, 0.05) is 26.0 Å². The zero-order valence-corrected chi connectivity index (χ0v) is 13.4. The highest BCUT2D eigenvalue weighted by molar-refractivity contribution is 8.00. The molecule has 1 aromatic carbocycles. The van der Waals surface area contributed by atoms with Crippen LogP contribution in [-0.4, -0.2) is 27.3 Å². The predicted molar refractivity (Wildman–Crippen MR) is 86.4 cm³/mol. The molecule has 1 aromatic heterocycles. The van der Waals surface area contributed by atoms with Crippen LogP contribution < -0.4 is 5.32 Å². The molecule has 5 heteroatoms. The van der Waals surface area contributed by atoms with Gasteiger partial charge in [0.1, 0.15) is 0 Å². The van der Waals surface area contributed by atoms with Gasteiger partial charge in [-0.25, -0.2) is 4.98 Å². The number of nitrogens with zero attached hydrogens (tertiary/aromatic N) is 2. The number of thioether (sulfide) groups is 1. The molecule has 0 saturated carbocycles. The Hall–Kier alpha value is -1.75. The van der Waals surface area contributed by atoms with E-state index >= 15 is 0 Å². The van der Waals surface area contributed by atoms with Gasteiger partial charge in [0.2, 0.25) is 5.91 Å². The highest BCUT2D eigenvalue weighted by Gasteiger charge is 2.17. The Labute approximate surface area is 130 Å². The summed E-state index contributed by atoms with van der Waals surface area (Å²) in [6.07, 6.45) is 3.62. The first-order valence-electron chi connectivity index (χ1n) is 7.04. The van der Waals surface area contributed by atoms with E-state index in [1.165, 1.54) is 17.3 Å². The van der Waals surface area contributed by atoms with Gasteiger partial charge in [0.05, 0.1) is 5.25 Å². The van der Waals surface area contributed by atoms with Crippen molar-refractivity contribution in [1.29, 1.82) is 0 Å². The predicted octanol–water partition coefficient (Wildman–Crippen LogP) is 2.82. The van der Waals surface area contributed by atoms with Crippen molar-refractivity contribution in [2.24, 2.45) is 7.05 Å². The molecule has 2 rings (SSSR count). The maximum Gasteiger partial charge on any atom is 0.233 e. The first-order chi connectivity index (χ1) is 10.1. The van der Waals surface area contributed by atoms with E-state index < -0.39 is 0 Å². The summed E-state index contributed by atoms with van der Waals surface area (Å²) in [6, 6.07) is 10.2. The summed E-state index contributed by atoms with van der Waals surface area (Å²) in [7, 11) is 1.93. The Kier molecular flexibility index (Phi) is 5.44. The third-order valence-corrected chi connectivity index (χ3v) is 4.55. The molecule has 0 bridgehead atoms. The number of amides is 1. The van der Waals surface area contributed by atoms with Gasteiger partial charge in [-0.2, -0.15) is 0 Å². The molecule has 0 saturated heterocycles. The van der Waals surface area contributed by atoms with E-state index in [9.17, 15) is 4.79 Å². The van der Waals surface area contributed by atoms with Crippen molar-refractivity contribution in [1.82, 2.24) is 14.9 Å². The topological polar surface area (TPSA) is 46.9 Å². The molecule has 0 aliphatic rings. The van der Waals surface area contributed by atoms with E-state index in [0.29, 0.717) is 12.5 Å². The molecule has 0 unspecified atom stereocenters. The normalized spacial score (nSPS) is 13.7. The van der Waals surface area contributed by atoms with Crippen LogP contribution in [0.15, 0.2) is 47.9 Å². The van der Waals surface area contributed by atoms with E-state index in [0.717, 1.165) is 5.16 Å². The fourth-order valence-corrected chi connectivity index (χ4v) is 2.83. The Morgan fingerprint density at radius 1 is 1.33 bits per heavy atom. The van der Waals surface area contributed by atoms with Crippen molar-refractivity contribution in [3.05, 3.63) is 48.3 Å². The first-order valence-corrected chi connectivity index (χ1v) is 7.92. The van der Waals surface area contributed by atoms with Crippen molar-refractivity contribution >= 4 is 17.7 Å². The smallest absolute Gasteiger partial charge is 0.233 e. The van der Waals surface area contributed by atoms with E-state index in [4.69, 9.17) is 0 Å². The fraction of sp³-hybridized carbons (Fsp3) is 0.375. The summed E-state index contributed by atoms with van der Waals surface area (Å²) >= 11 is 1.47. The number of hydrogen-bond donors (Lipinski definition) is 1. The minimum absolute atomic E-state index is 0.0470. The van der Waals surface area contributed by atoms with Crippen LogP contribution in [0.1, 0.15) is 25.3 Å². The lowest BCUT2D eigenvalue weighted by Gasteiger charge is -2.15. The molecule has 4 nitrogen and oxygen atoms in total. The SMILES string of the molecule is C[C@H](Sc1nccn1C)C(=O)NC[C@@H](C)c1ccccc1. The molecule has 0 radical (unpaired) electrons. The number of benzene rings is 1. The third-order valence-electron chi connectivity index (χ3n) is 3.38. The van der Waals surface area contributed by atoms with Crippen LogP contribution in [0, 0.1) is 0 Å². The van der Waals surface area contributed by atoms with Crippen molar-refractivity contribution in [2.45, 2.75) is 30.2 Å². The van der Waals surface area contributed by atoms with E-state index in [-0.39, 0.29) is 11.2 Å². The van der Waals surface area contributed by atoms with Crippen molar-refractivity contribution in [2.75, 3.05) is 6.54 Å². The monoisotopic (exact) mass is 303 g/mol. The number of aromatic nitrogens is 2. The van der Waals surface area contributed by atoms with Gasteiger partial charge in [-0.15, -0.1) is 0 Å². The van der Waals surface area contributed by atoms with Crippen molar-refractivity contribution < 1.29 is 4.79 Å². The average molecular weight is 303 g/mol. The van der Waals surface area contributed by atoms with Crippen LogP contribution in [0.5, 0.6) is 0 Å². The molecule has 1 heterocycles. The van der Waals surface area contributed by atoms with E-state index in [2.05, 4.69) is 29.4 Å². The van der Waals surface area contributed by atoms with Gasteiger partial charge < -0.3 is 9.88 Å². The number of aryl methyl sites for hydroxylation is 1. The number of hydrogen-bond acceptors (Lipinski definition) is 3. The van der Waals surface area contributed by atoms with Crippen LogP contribution in [0.25, 0.3) is 0 Å². The second-order valence-electron chi connectivity index (χ2n) is 5.14. The average Bonchev–Trinajstić information content (AvgIpc) is 2.90. The number of carbonyl (C=O) groups is 1. The number of nitrogens with one attached hydrogen (secondary N) is 1. The summed E-state index contributed by atoms with van der Waals surface area (Å²) in [5.74, 6) is 0.353. The molecule has 1 amide bonds. The maximum atomic E-state index is 12.1. The Balaban J connectivity index is 1.83. The second-order valence-corrected chi connectivity index (χ2v) is 6.45. The molecule has 2 aromatic rings. The number of rotatable bonds is 6. The Morgan fingerprint density at radius 2 is 2.05 bits per heavy atom. The lowest BCUT2D eigenvalue weighted by atomic mass is 10.0. The second kappa shape index (κ2) is 7.31. The molecule has 1 N–H and O–H groups in total. The Bertz CT molecular complexity index is 582. The summed E-state index contributed by atoms with van der Waals surface area (Å²) in [5, 5.41) is 3.71. The molecule has 0 fully saturated rings. The highest BCUT2D eigenvalue weighted by atomic mass is 32.2. The minimum Gasteiger partial charge on any atom is -0.355 e. The minimum atomic E-state index is -0.158.